The Morgan fingerprint density at radius 2 is 2.00 bits per heavy atom. The molecule has 2 aromatic rings. The molecule has 1 aliphatic heterocycles. The second-order valence-corrected chi connectivity index (χ2v) is 7.53. The summed E-state index contributed by atoms with van der Waals surface area (Å²) in [7, 11) is -3.52. The smallest absolute Gasteiger partial charge is 0.243 e. The fourth-order valence-electron chi connectivity index (χ4n) is 2.60. The third kappa shape index (κ3) is 3.74. The summed E-state index contributed by atoms with van der Waals surface area (Å²) in [4.78, 5) is 0.262. The van der Waals surface area contributed by atoms with Crippen LogP contribution in [0.15, 0.2) is 52.0 Å². The standard InChI is InChI=1S/C16H20N2O4S/c19-14-6-8-18(9-7-14)23(20,21)16-5-1-3-13(11-16)17-12-15-4-2-10-22-15/h1-5,10-11,14,17,19H,6-9,12H2. The van der Waals surface area contributed by atoms with Gasteiger partial charge in [0.05, 0.1) is 23.8 Å². The molecular weight excluding hydrogens is 316 g/mol. The lowest BCUT2D eigenvalue weighted by molar-refractivity contribution is 0.113. The Morgan fingerprint density at radius 3 is 2.70 bits per heavy atom. The van der Waals surface area contributed by atoms with Crippen LogP contribution in [-0.4, -0.2) is 37.0 Å². The monoisotopic (exact) mass is 336 g/mol. The molecule has 2 N–H and O–H groups in total. The van der Waals surface area contributed by atoms with Crippen molar-refractivity contribution in [2.45, 2.75) is 30.4 Å². The van der Waals surface area contributed by atoms with Crippen LogP contribution < -0.4 is 5.32 Å². The minimum absolute atomic E-state index is 0.262. The van der Waals surface area contributed by atoms with Gasteiger partial charge in [0.25, 0.3) is 0 Å². The van der Waals surface area contributed by atoms with Crippen molar-refractivity contribution in [3.05, 3.63) is 48.4 Å². The van der Waals surface area contributed by atoms with Gasteiger partial charge in [-0.25, -0.2) is 8.42 Å². The predicted octanol–water partition coefficient (Wildman–Crippen LogP) is 2.04. The Morgan fingerprint density at radius 1 is 1.22 bits per heavy atom. The lowest BCUT2D eigenvalue weighted by Crippen LogP contribution is -2.39. The summed E-state index contributed by atoms with van der Waals surface area (Å²) in [5.74, 6) is 0.781. The van der Waals surface area contributed by atoms with Crippen LogP contribution in [0.3, 0.4) is 0 Å². The molecule has 0 atom stereocenters. The topological polar surface area (TPSA) is 82.8 Å². The quantitative estimate of drug-likeness (QED) is 0.873. The number of furan rings is 1. The van der Waals surface area contributed by atoms with Gasteiger partial charge in [-0.05, 0) is 43.2 Å². The number of aliphatic hydroxyl groups is 1. The van der Waals surface area contributed by atoms with Gasteiger partial charge in [0.15, 0.2) is 0 Å². The molecule has 1 fully saturated rings. The highest BCUT2D eigenvalue weighted by Gasteiger charge is 2.28. The van der Waals surface area contributed by atoms with Gasteiger partial charge in [-0.2, -0.15) is 4.31 Å². The van der Waals surface area contributed by atoms with E-state index < -0.39 is 16.1 Å². The Balaban J connectivity index is 1.73. The molecule has 1 aromatic heterocycles. The average Bonchev–Trinajstić information content (AvgIpc) is 3.07. The summed E-state index contributed by atoms with van der Waals surface area (Å²) < 4.78 is 32.0. The summed E-state index contributed by atoms with van der Waals surface area (Å²) in [6.45, 7) is 1.20. The number of piperidine rings is 1. The zero-order chi connectivity index (χ0) is 16.3. The van der Waals surface area contributed by atoms with Crippen molar-refractivity contribution < 1.29 is 17.9 Å². The van der Waals surface area contributed by atoms with Crippen LogP contribution in [0.25, 0.3) is 0 Å². The van der Waals surface area contributed by atoms with Gasteiger partial charge in [-0.15, -0.1) is 0 Å². The number of benzene rings is 1. The Kier molecular flexibility index (Phi) is 4.70. The zero-order valence-electron chi connectivity index (χ0n) is 12.7. The molecule has 3 rings (SSSR count). The molecule has 0 radical (unpaired) electrons. The highest BCUT2D eigenvalue weighted by molar-refractivity contribution is 7.89. The van der Waals surface area contributed by atoms with Crippen molar-refractivity contribution in [3.8, 4) is 0 Å². The maximum absolute atomic E-state index is 12.7. The van der Waals surface area contributed by atoms with E-state index in [-0.39, 0.29) is 4.90 Å². The number of rotatable bonds is 5. The van der Waals surface area contributed by atoms with Crippen molar-refractivity contribution in [3.63, 3.8) is 0 Å². The number of nitrogens with one attached hydrogen (secondary N) is 1. The lowest BCUT2D eigenvalue weighted by Gasteiger charge is -2.28. The third-order valence-electron chi connectivity index (χ3n) is 3.94. The van der Waals surface area contributed by atoms with Crippen LogP contribution in [0.4, 0.5) is 5.69 Å². The fourth-order valence-corrected chi connectivity index (χ4v) is 4.12. The molecule has 23 heavy (non-hydrogen) atoms. The molecule has 6 nitrogen and oxygen atoms in total. The van der Waals surface area contributed by atoms with Crippen LogP contribution >= 0.6 is 0 Å². The molecule has 1 saturated heterocycles. The first-order chi connectivity index (χ1) is 11.1. The van der Waals surface area contributed by atoms with E-state index >= 15 is 0 Å². The summed E-state index contributed by atoms with van der Waals surface area (Å²) in [6.07, 6.45) is 2.16. The van der Waals surface area contributed by atoms with Crippen LogP contribution in [0.2, 0.25) is 0 Å². The molecule has 7 heteroatoms. The number of aliphatic hydroxyl groups excluding tert-OH is 1. The molecule has 1 aromatic carbocycles. The maximum Gasteiger partial charge on any atom is 0.243 e. The summed E-state index contributed by atoms with van der Waals surface area (Å²) in [5, 5.41) is 12.7. The highest BCUT2D eigenvalue weighted by Crippen LogP contribution is 2.23. The van der Waals surface area contributed by atoms with Crippen LogP contribution in [0, 0.1) is 0 Å². The van der Waals surface area contributed by atoms with Gasteiger partial charge in [0.1, 0.15) is 5.76 Å². The predicted molar refractivity (Wildman–Crippen MR) is 86.5 cm³/mol. The van der Waals surface area contributed by atoms with Gasteiger partial charge in [0, 0.05) is 18.8 Å². The van der Waals surface area contributed by atoms with Crippen molar-refractivity contribution in [1.29, 1.82) is 0 Å². The van der Waals surface area contributed by atoms with E-state index in [9.17, 15) is 13.5 Å². The Bertz CT molecular complexity index is 735. The van der Waals surface area contributed by atoms with Gasteiger partial charge in [0.2, 0.25) is 10.0 Å². The second kappa shape index (κ2) is 6.74. The van der Waals surface area contributed by atoms with E-state index in [2.05, 4.69) is 5.32 Å². The van der Waals surface area contributed by atoms with Crippen LogP contribution in [0.1, 0.15) is 18.6 Å². The van der Waals surface area contributed by atoms with Crippen LogP contribution in [-0.2, 0) is 16.6 Å². The summed E-state index contributed by atoms with van der Waals surface area (Å²) >= 11 is 0. The van der Waals surface area contributed by atoms with Gasteiger partial charge in [-0.3, -0.25) is 0 Å². The largest absolute Gasteiger partial charge is 0.467 e. The first-order valence-corrected chi connectivity index (χ1v) is 9.04. The molecule has 0 amide bonds. The van der Waals surface area contributed by atoms with E-state index in [1.54, 1.807) is 24.5 Å². The first-order valence-electron chi connectivity index (χ1n) is 7.60. The van der Waals surface area contributed by atoms with Crippen molar-refractivity contribution in [2.75, 3.05) is 18.4 Å². The van der Waals surface area contributed by atoms with Crippen molar-refractivity contribution in [1.82, 2.24) is 4.31 Å². The molecule has 0 unspecified atom stereocenters. The Labute approximate surface area is 135 Å². The van der Waals surface area contributed by atoms with Crippen LogP contribution in [0.5, 0.6) is 0 Å². The van der Waals surface area contributed by atoms with E-state index in [4.69, 9.17) is 4.42 Å². The molecule has 0 saturated carbocycles. The lowest BCUT2D eigenvalue weighted by atomic mass is 10.1. The van der Waals surface area contributed by atoms with E-state index in [1.165, 1.54) is 4.31 Å². The number of hydrogen-bond donors (Lipinski definition) is 2. The van der Waals surface area contributed by atoms with Crippen molar-refractivity contribution >= 4 is 15.7 Å². The molecule has 0 spiro atoms. The highest BCUT2D eigenvalue weighted by atomic mass is 32.2. The molecule has 0 aliphatic carbocycles. The molecule has 2 heterocycles. The van der Waals surface area contributed by atoms with E-state index in [0.29, 0.717) is 32.5 Å². The molecular formula is C16H20N2O4S. The molecule has 1 aliphatic rings. The normalized spacial score (nSPS) is 17.3. The molecule has 0 bridgehead atoms. The average molecular weight is 336 g/mol. The SMILES string of the molecule is O=S(=O)(c1cccc(NCc2ccco2)c1)N1CCC(O)CC1. The van der Waals surface area contributed by atoms with Crippen molar-refractivity contribution in [2.24, 2.45) is 0 Å². The third-order valence-corrected chi connectivity index (χ3v) is 5.84. The van der Waals surface area contributed by atoms with Gasteiger partial charge >= 0.3 is 0 Å². The second-order valence-electron chi connectivity index (χ2n) is 5.60. The summed E-state index contributed by atoms with van der Waals surface area (Å²) in [5.41, 5.74) is 0.722. The number of hydrogen-bond acceptors (Lipinski definition) is 5. The fraction of sp³-hybridized carbons (Fsp3) is 0.375. The van der Waals surface area contributed by atoms with Gasteiger partial charge < -0.3 is 14.8 Å². The summed E-state index contributed by atoms with van der Waals surface area (Å²) in [6, 6.07) is 10.4. The van der Waals surface area contributed by atoms with E-state index in [0.717, 1.165) is 11.4 Å². The number of nitrogens with zero attached hydrogens (tertiary/aromatic N) is 1. The molecule has 124 valence electrons. The minimum Gasteiger partial charge on any atom is -0.467 e. The Hall–Kier alpha value is -1.83. The maximum atomic E-state index is 12.7. The zero-order valence-corrected chi connectivity index (χ0v) is 13.5. The minimum atomic E-state index is -3.52. The number of anilines is 1. The number of sulfonamides is 1. The van der Waals surface area contributed by atoms with E-state index in [1.807, 2.05) is 18.2 Å². The van der Waals surface area contributed by atoms with Gasteiger partial charge in [-0.1, -0.05) is 6.07 Å². The first kappa shape index (κ1) is 16.0.